The van der Waals surface area contributed by atoms with Gasteiger partial charge in [-0.15, -0.1) is 0 Å². The smallest absolute Gasteiger partial charge is 0.126 e. The van der Waals surface area contributed by atoms with Crippen molar-refractivity contribution in [3.8, 4) is 115 Å². The molecule has 0 aliphatic rings. The first kappa shape index (κ1) is 99.5. The van der Waals surface area contributed by atoms with Gasteiger partial charge in [-0.2, -0.15) is 0 Å². The van der Waals surface area contributed by atoms with E-state index in [4.69, 9.17) is 0 Å². The van der Waals surface area contributed by atoms with Gasteiger partial charge in [0.1, 0.15) is 115 Å². The molecular weight excluding hydrogens is 1820 g/mol. The lowest BCUT2D eigenvalue weighted by molar-refractivity contribution is 0.463. The number of benzene rings is 20. The normalized spacial score (nSPS) is 11.0. The quantitative estimate of drug-likeness (QED) is 0.0267. The van der Waals surface area contributed by atoms with E-state index in [1.165, 1.54) is 0 Å². The number of hydrogen-bond acceptors (Lipinski definition) is 20. The minimum atomic E-state index is 0. The first-order valence-electron chi connectivity index (χ1n) is 46.8. The third-order valence-corrected chi connectivity index (χ3v) is 25.9. The highest BCUT2D eigenvalue weighted by Gasteiger charge is 2.26. The van der Waals surface area contributed by atoms with Gasteiger partial charge in [-0.25, -0.2) is 0 Å². The number of hydrogen-bond donors (Lipinski definition) is 20. The number of fused-ring (bicyclic) bond motifs is 4. The molecule has 0 unspecified atom stereocenters. The fourth-order valence-electron chi connectivity index (χ4n) is 18.5. The monoisotopic (exact) mass is 1930 g/mol. The van der Waals surface area contributed by atoms with Crippen LogP contribution in [-0.4, -0.2) is 102 Å². The van der Waals surface area contributed by atoms with Crippen LogP contribution in [0.5, 0.6) is 115 Å². The van der Waals surface area contributed by atoms with E-state index in [1.807, 2.05) is 158 Å². The van der Waals surface area contributed by atoms with Crippen LogP contribution >= 0.6 is 0 Å². The highest BCUT2D eigenvalue weighted by molar-refractivity contribution is 6.00. The van der Waals surface area contributed by atoms with Gasteiger partial charge in [-0.3, -0.25) is 0 Å². The van der Waals surface area contributed by atoms with Crippen molar-refractivity contribution in [2.75, 3.05) is 0 Å². The van der Waals surface area contributed by atoms with E-state index in [0.29, 0.717) is 138 Å². The van der Waals surface area contributed by atoms with Gasteiger partial charge < -0.3 is 102 Å². The van der Waals surface area contributed by atoms with Crippen molar-refractivity contribution in [3.05, 3.63) is 498 Å². The maximum Gasteiger partial charge on any atom is 0.126 e. The largest absolute Gasteiger partial charge is 0.508 e. The Morgan fingerprint density at radius 3 is 0.655 bits per heavy atom. The summed E-state index contributed by atoms with van der Waals surface area (Å²) in [5.74, 6) is 3.28. The van der Waals surface area contributed by atoms with Crippen molar-refractivity contribution in [1.82, 2.24) is 0 Å². The second-order valence-electron chi connectivity index (χ2n) is 36.3. The van der Waals surface area contributed by atoms with E-state index in [9.17, 15) is 102 Å². The van der Waals surface area contributed by atoms with Crippen LogP contribution in [0.2, 0.25) is 0 Å². The fourth-order valence-corrected chi connectivity index (χ4v) is 18.5. The number of rotatable bonds is 24. The van der Waals surface area contributed by atoms with Crippen molar-refractivity contribution in [1.29, 1.82) is 0 Å². The molecule has 145 heavy (non-hydrogen) atoms. The second-order valence-corrected chi connectivity index (χ2v) is 36.3. The molecule has 0 heterocycles. The summed E-state index contributed by atoms with van der Waals surface area (Å²) in [5.41, 5.74) is 20.3. The van der Waals surface area contributed by atoms with Gasteiger partial charge in [-0.05, 0) is 346 Å². The molecule has 0 atom stereocenters. The van der Waals surface area contributed by atoms with Crippen molar-refractivity contribution in [3.63, 3.8) is 0 Å². The predicted molar refractivity (Wildman–Crippen MR) is 567 cm³/mol. The van der Waals surface area contributed by atoms with E-state index in [-0.39, 0.29) is 122 Å². The summed E-state index contributed by atoms with van der Waals surface area (Å²) < 4.78 is 0. The maximum atomic E-state index is 11.8. The summed E-state index contributed by atoms with van der Waals surface area (Å²) in [5, 5.41) is 211. The van der Waals surface area contributed by atoms with E-state index in [0.717, 1.165) is 116 Å². The van der Waals surface area contributed by atoms with Crippen molar-refractivity contribution in [2.45, 2.75) is 84.5 Å². The molecule has 20 heteroatoms. The highest BCUT2D eigenvalue weighted by atomic mass is 16.3. The lowest BCUT2D eigenvalue weighted by Crippen LogP contribution is -2.02. The lowest BCUT2D eigenvalue weighted by atomic mass is 9.85. The zero-order valence-corrected chi connectivity index (χ0v) is 78.1. The predicted octanol–water partition coefficient (Wildman–Crippen LogP) is 25.2. The number of aromatic hydroxyl groups is 20. The Kier molecular flexibility index (Phi) is 30.4. The summed E-state index contributed by atoms with van der Waals surface area (Å²) >= 11 is 0. The Bertz CT molecular complexity index is 7980. The van der Waals surface area contributed by atoms with Gasteiger partial charge >= 0.3 is 0 Å². The SMILES string of the molecule is C.Oc1ccc(Cc2cc(Cc3ccc(O)cc3)c3c(Cc4ccc(O)cc4)c(O)ccc3c2O)cc1.Oc1ccc(Cc2cc3c(O)c(Cc4ccc(O)cc4)cc(Cc4ccc(O)cc4)c3c(Cc3ccc(O)cc3)c2O)cc1.Oc1ccc(Cc2cc3c(O)c(Cc4ccc(O)cc4)ccc3cc2O)cc1.Oc1ccc(Cc2cc3c(O)ccc(Cc4ccc(O)cc4)c3c(Cc3ccc(O)cc3)c2O)cc1. The van der Waals surface area contributed by atoms with Crippen LogP contribution in [0.3, 0.4) is 0 Å². The van der Waals surface area contributed by atoms with E-state index < -0.39 is 0 Å². The van der Waals surface area contributed by atoms with Gasteiger partial charge in [0, 0.05) is 96.0 Å². The van der Waals surface area contributed by atoms with Gasteiger partial charge in [0.25, 0.3) is 0 Å². The van der Waals surface area contributed by atoms with Gasteiger partial charge in [0.05, 0.1) is 0 Å². The molecule has 20 rings (SSSR count). The van der Waals surface area contributed by atoms with Crippen molar-refractivity contribution < 1.29 is 102 Å². The molecule has 20 aromatic rings. The third kappa shape index (κ3) is 24.3. The summed E-state index contributed by atoms with van der Waals surface area (Å²) in [6.07, 6.45) is 5.46. The Labute approximate surface area is 837 Å². The van der Waals surface area contributed by atoms with Crippen molar-refractivity contribution in [2.24, 2.45) is 0 Å². The Morgan fingerprint density at radius 2 is 0.338 bits per heavy atom. The zero-order valence-electron chi connectivity index (χ0n) is 78.1. The zero-order chi connectivity index (χ0) is 101. The molecule has 0 fully saturated rings. The molecule has 20 N–H and O–H groups in total. The molecule has 0 aliphatic carbocycles. The van der Waals surface area contributed by atoms with Gasteiger partial charge in [-0.1, -0.05) is 183 Å². The first-order chi connectivity index (χ1) is 69.5. The average Bonchev–Trinajstić information content (AvgIpc) is 0.759. The Morgan fingerprint density at radius 1 is 0.124 bits per heavy atom. The standard InChI is InChI=1S/C38H32O6.2C31H26O5.C24H20O4.CH4/c39-30-9-1-23(2-10-30)17-27-21-28(18-24-3-11-31(40)12-4-24)37(43)35-22-29(19-25-5-13-32(41)14-6-25)38(44)34(36(27)35)20-26-7-15-33(42)16-8-26;32-24-8-1-19(2-9-24)15-22-7-14-29(35)27-18-23(16-20-3-10-25(33)11-4-20)31(36)28(30(22)27)17-21-5-12-26(34)13-6-21;32-24-7-1-19(2-8-24)15-22-18-23(16-20-3-9-25(33)10-4-20)31(36)27-13-14-29(35)28(30(22)27)17-21-5-11-26(34)12-6-21;25-20-7-1-15(2-8-20)11-18-6-5-17-14-23(27)19(13-22(17)24(18)28)12-16-3-9-21(26)10-4-16;/h1-16,21-22,39-44H,17-20H2;2*1-14,18,32-36H,15-17H2;1-10,13-14,25-28H,11-12H2;1H4. The maximum absolute atomic E-state index is 11.8. The van der Waals surface area contributed by atoms with E-state index >= 15 is 0 Å². The fraction of sp³-hybridized carbons (Fsp3) is 0.104. The topological polar surface area (TPSA) is 405 Å². The molecular formula is C125H108O20. The molecule has 0 radical (unpaired) electrons. The molecule has 20 aromatic carbocycles. The lowest BCUT2D eigenvalue weighted by Gasteiger charge is -2.20. The van der Waals surface area contributed by atoms with Crippen LogP contribution in [0.25, 0.3) is 43.1 Å². The van der Waals surface area contributed by atoms with Crippen molar-refractivity contribution >= 4 is 43.1 Å². The summed E-state index contributed by atoms with van der Waals surface area (Å²) in [7, 11) is 0. The minimum Gasteiger partial charge on any atom is -0.508 e. The van der Waals surface area contributed by atoms with Crippen LogP contribution in [0, 0.1) is 0 Å². The molecule has 0 saturated heterocycles. The molecule has 0 aromatic heterocycles. The average molecular weight is 1930 g/mol. The number of phenolic OH excluding ortho intramolecular Hbond substituents is 20. The van der Waals surface area contributed by atoms with Crippen LogP contribution in [0.1, 0.15) is 141 Å². The van der Waals surface area contributed by atoms with Gasteiger partial charge in [0.2, 0.25) is 0 Å². The summed E-state index contributed by atoms with van der Waals surface area (Å²) in [6, 6.07) is 104. The Balaban J connectivity index is 0.000000140. The van der Waals surface area contributed by atoms with E-state index in [1.54, 1.807) is 206 Å². The van der Waals surface area contributed by atoms with E-state index in [2.05, 4.69) is 0 Å². The molecule has 20 nitrogen and oxygen atoms in total. The van der Waals surface area contributed by atoms with Gasteiger partial charge in [0.15, 0.2) is 0 Å². The Hall–Kier alpha value is -18.6. The van der Waals surface area contributed by atoms with Crippen LogP contribution in [0.4, 0.5) is 0 Å². The molecule has 0 amide bonds. The molecule has 728 valence electrons. The second kappa shape index (κ2) is 44.3. The first-order valence-corrected chi connectivity index (χ1v) is 46.8. The molecule has 0 bridgehead atoms. The number of phenols is 20. The van der Waals surface area contributed by atoms with Crippen LogP contribution in [-0.2, 0) is 77.0 Å². The van der Waals surface area contributed by atoms with Crippen LogP contribution in [0.15, 0.2) is 364 Å². The van der Waals surface area contributed by atoms with Crippen LogP contribution < -0.4 is 0 Å². The summed E-state index contributed by atoms with van der Waals surface area (Å²) in [6.45, 7) is 0. The molecule has 0 spiro atoms. The summed E-state index contributed by atoms with van der Waals surface area (Å²) in [4.78, 5) is 0. The molecule has 0 saturated carbocycles. The third-order valence-electron chi connectivity index (χ3n) is 25.9. The highest BCUT2D eigenvalue weighted by Crippen LogP contribution is 2.47. The minimum absolute atomic E-state index is 0. The molecule has 0 aliphatic heterocycles.